The third-order valence-electron chi connectivity index (χ3n) is 4.03. The first-order chi connectivity index (χ1) is 15.7. The van der Waals surface area contributed by atoms with Crippen molar-refractivity contribution in [2.75, 3.05) is 28.3 Å². The summed E-state index contributed by atoms with van der Waals surface area (Å²) in [6, 6.07) is 7.45. The lowest BCUT2D eigenvalue weighted by Crippen LogP contribution is -2.25. The lowest BCUT2D eigenvalue weighted by molar-refractivity contribution is -0.0761. The van der Waals surface area contributed by atoms with Gasteiger partial charge in [-0.25, -0.2) is 24.1 Å². The predicted molar refractivity (Wildman–Crippen MR) is 117 cm³/mol. The molecule has 34 heavy (non-hydrogen) atoms. The van der Waals surface area contributed by atoms with Crippen molar-refractivity contribution in [3.05, 3.63) is 59.4 Å². The topological polar surface area (TPSA) is 140 Å². The van der Waals surface area contributed by atoms with Crippen LogP contribution in [0.1, 0.15) is 21.0 Å². The molecule has 184 valence electrons. The fourth-order valence-corrected chi connectivity index (χ4v) is 2.36. The Bertz CT molecular complexity index is 1250. The van der Waals surface area contributed by atoms with E-state index in [1.807, 2.05) is 0 Å². The van der Waals surface area contributed by atoms with Crippen molar-refractivity contribution in [2.24, 2.45) is 0 Å². The van der Waals surface area contributed by atoms with Crippen molar-refractivity contribution in [3.8, 4) is 0 Å². The van der Waals surface area contributed by atoms with Gasteiger partial charge < -0.3 is 19.0 Å². The number of nitrogens with zero attached hydrogens (tertiary/aromatic N) is 3. The molecule has 0 radical (unpaired) electrons. The van der Waals surface area contributed by atoms with Gasteiger partial charge in [-0.1, -0.05) is 10.3 Å². The number of hydrogen-bond acceptors (Lipinski definition) is 9. The largest absolute Gasteiger partial charge is 0.476 e. The van der Waals surface area contributed by atoms with E-state index in [1.54, 1.807) is 14.2 Å². The highest BCUT2D eigenvalue weighted by Crippen LogP contribution is 2.21. The third-order valence-corrected chi connectivity index (χ3v) is 4.03. The molecule has 2 aromatic carbocycles. The van der Waals surface area contributed by atoms with Gasteiger partial charge in [0.15, 0.2) is 22.6 Å². The second-order valence-electron chi connectivity index (χ2n) is 6.04. The summed E-state index contributed by atoms with van der Waals surface area (Å²) in [5.74, 6) is -2.70. The number of amides is 1. The number of halogens is 3. The molecule has 0 atom stereocenters. The lowest BCUT2D eigenvalue weighted by atomic mass is 10.2. The summed E-state index contributed by atoms with van der Waals surface area (Å²) in [6.45, 7) is 0. The number of fused-ring (bicyclic) bond motifs is 2. The van der Waals surface area contributed by atoms with Crippen LogP contribution in [0.25, 0.3) is 21.9 Å². The molecule has 14 heteroatoms. The van der Waals surface area contributed by atoms with E-state index in [1.165, 1.54) is 44.5 Å². The number of carboxylic acid groups (broad SMARTS) is 1. The number of aromatic nitrogens is 2. The maximum atomic E-state index is 13.0. The number of rotatable bonds is 4. The zero-order valence-corrected chi connectivity index (χ0v) is 19.2. The standard InChI is InChI=1S/C10H9FN2O3.C8H4FNO3.C2H7NO.ClH/c1-13(15-2)10(14)9-7-5-6(11)3-4-8(7)16-12-9;9-4-1-2-6-5(3-4)7(8(11)12)10-13-6;1-3-4-2;/h3-5H,1-2H3;1-3H,(H,11,12);3H,1-2H3;1H. The van der Waals surface area contributed by atoms with E-state index in [9.17, 15) is 18.4 Å². The molecular weight excluding hydrogens is 482 g/mol. The molecule has 1 amide bonds. The summed E-state index contributed by atoms with van der Waals surface area (Å²) >= 11 is 0. The van der Waals surface area contributed by atoms with Crippen LogP contribution in [0.15, 0.2) is 45.4 Å². The van der Waals surface area contributed by atoms with Crippen LogP contribution in [-0.2, 0) is 9.68 Å². The summed E-state index contributed by atoms with van der Waals surface area (Å²) < 4.78 is 35.3. The van der Waals surface area contributed by atoms with Crippen molar-refractivity contribution in [2.45, 2.75) is 0 Å². The Morgan fingerprint density at radius 1 is 0.971 bits per heavy atom. The van der Waals surface area contributed by atoms with Crippen LogP contribution in [0.4, 0.5) is 8.78 Å². The zero-order valence-electron chi connectivity index (χ0n) is 18.4. The van der Waals surface area contributed by atoms with Crippen molar-refractivity contribution in [3.63, 3.8) is 0 Å². The van der Waals surface area contributed by atoms with E-state index in [4.69, 9.17) is 14.5 Å². The van der Waals surface area contributed by atoms with Gasteiger partial charge in [0.1, 0.15) is 11.6 Å². The number of hydrogen-bond donors (Lipinski definition) is 2. The molecule has 0 aliphatic heterocycles. The number of benzene rings is 2. The summed E-state index contributed by atoms with van der Waals surface area (Å²) in [7, 11) is 6.06. The normalized spacial score (nSPS) is 9.94. The number of nitrogens with one attached hydrogen (secondary N) is 1. The molecule has 0 spiro atoms. The van der Waals surface area contributed by atoms with E-state index < -0.39 is 23.5 Å². The Morgan fingerprint density at radius 3 is 1.82 bits per heavy atom. The molecule has 0 unspecified atom stereocenters. The van der Waals surface area contributed by atoms with Crippen molar-refractivity contribution in [1.82, 2.24) is 20.9 Å². The van der Waals surface area contributed by atoms with Crippen LogP contribution >= 0.6 is 12.4 Å². The minimum absolute atomic E-state index is 0. The molecule has 0 aliphatic carbocycles. The number of hydroxylamine groups is 3. The van der Waals surface area contributed by atoms with Gasteiger partial charge in [0, 0.05) is 14.1 Å². The van der Waals surface area contributed by atoms with E-state index in [0.29, 0.717) is 11.0 Å². The Labute approximate surface area is 197 Å². The highest BCUT2D eigenvalue weighted by molar-refractivity contribution is 6.03. The number of carbonyl (C=O) groups excluding carboxylic acids is 1. The monoisotopic (exact) mass is 502 g/mol. The Morgan fingerprint density at radius 2 is 1.41 bits per heavy atom. The van der Waals surface area contributed by atoms with Crippen molar-refractivity contribution < 1.29 is 42.2 Å². The van der Waals surface area contributed by atoms with Gasteiger partial charge in [0.25, 0.3) is 5.91 Å². The molecular formula is C20H21ClF2N4O7. The smallest absolute Gasteiger partial charge is 0.358 e. The maximum Gasteiger partial charge on any atom is 0.358 e. The molecule has 2 heterocycles. The fraction of sp³-hybridized carbons (Fsp3) is 0.200. The van der Waals surface area contributed by atoms with Crippen LogP contribution in [0.2, 0.25) is 0 Å². The molecule has 0 saturated carbocycles. The fourth-order valence-electron chi connectivity index (χ4n) is 2.36. The molecule has 2 aromatic heterocycles. The molecule has 4 aromatic rings. The molecule has 0 saturated heterocycles. The van der Waals surface area contributed by atoms with Gasteiger partial charge in [-0.05, 0) is 36.4 Å². The van der Waals surface area contributed by atoms with Gasteiger partial charge in [-0.2, -0.15) is 0 Å². The molecule has 0 bridgehead atoms. The second-order valence-corrected chi connectivity index (χ2v) is 6.04. The first-order valence-corrected chi connectivity index (χ1v) is 9.08. The van der Waals surface area contributed by atoms with Crippen molar-refractivity contribution in [1.29, 1.82) is 0 Å². The van der Waals surface area contributed by atoms with Crippen LogP contribution in [0, 0.1) is 11.6 Å². The average Bonchev–Trinajstić information content (AvgIpc) is 3.42. The van der Waals surface area contributed by atoms with E-state index in [0.717, 1.165) is 11.1 Å². The Kier molecular flexibility index (Phi) is 11.0. The minimum Gasteiger partial charge on any atom is -0.476 e. The Balaban J connectivity index is 0.000000291. The molecule has 4 rings (SSSR count). The van der Waals surface area contributed by atoms with Crippen LogP contribution < -0.4 is 5.48 Å². The highest BCUT2D eigenvalue weighted by atomic mass is 35.5. The first kappa shape index (κ1) is 28.4. The van der Waals surface area contributed by atoms with Gasteiger partial charge in [-0.15, -0.1) is 12.4 Å². The van der Waals surface area contributed by atoms with Crippen LogP contribution in [-0.4, -0.2) is 60.7 Å². The number of carbonyl (C=O) groups is 2. The third kappa shape index (κ3) is 6.92. The zero-order chi connectivity index (χ0) is 24.5. The minimum atomic E-state index is -1.23. The summed E-state index contributed by atoms with van der Waals surface area (Å²) in [5.41, 5.74) is 2.81. The molecule has 11 nitrogen and oxygen atoms in total. The summed E-state index contributed by atoms with van der Waals surface area (Å²) in [5, 5.41) is 17.0. The maximum absolute atomic E-state index is 13.0. The average molecular weight is 503 g/mol. The van der Waals surface area contributed by atoms with Crippen LogP contribution in [0.5, 0.6) is 0 Å². The highest BCUT2D eigenvalue weighted by Gasteiger charge is 2.20. The summed E-state index contributed by atoms with van der Waals surface area (Å²) in [6.07, 6.45) is 0. The van der Waals surface area contributed by atoms with Crippen molar-refractivity contribution >= 4 is 46.2 Å². The van der Waals surface area contributed by atoms with Gasteiger partial charge >= 0.3 is 5.97 Å². The molecule has 0 aliphatic rings. The quantitative estimate of drug-likeness (QED) is 0.398. The summed E-state index contributed by atoms with van der Waals surface area (Å²) in [4.78, 5) is 31.3. The number of aromatic carboxylic acids is 1. The second kappa shape index (κ2) is 13.2. The number of carboxylic acids is 1. The van der Waals surface area contributed by atoms with Gasteiger partial charge in [0.05, 0.1) is 25.0 Å². The van der Waals surface area contributed by atoms with Crippen LogP contribution in [0.3, 0.4) is 0 Å². The Hall–Kier alpha value is -3.65. The molecule has 2 N–H and O–H groups in total. The van der Waals surface area contributed by atoms with Gasteiger partial charge in [0.2, 0.25) is 0 Å². The first-order valence-electron chi connectivity index (χ1n) is 9.08. The SMILES string of the molecule is CNOC.CON(C)C(=O)c1noc2ccc(F)cc12.Cl.O=C(O)c1noc2ccc(F)cc12. The van der Waals surface area contributed by atoms with E-state index in [2.05, 4.69) is 25.2 Å². The lowest BCUT2D eigenvalue weighted by Gasteiger charge is -2.11. The van der Waals surface area contributed by atoms with Gasteiger partial charge in [-0.3, -0.25) is 9.63 Å². The van der Waals surface area contributed by atoms with E-state index >= 15 is 0 Å². The molecule has 0 fully saturated rings. The van der Waals surface area contributed by atoms with E-state index in [-0.39, 0.29) is 34.8 Å². The predicted octanol–water partition coefficient (Wildman–Crippen LogP) is 3.45.